The van der Waals surface area contributed by atoms with E-state index in [0.717, 1.165) is 4.90 Å². The Bertz CT molecular complexity index is 1020. The number of benzene rings is 1. The third-order valence-corrected chi connectivity index (χ3v) is 7.80. The third-order valence-electron chi connectivity index (χ3n) is 6.79. The summed E-state index contributed by atoms with van der Waals surface area (Å²) in [6, 6.07) is 6.97. The predicted octanol–water partition coefficient (Wildman–Crippen LogP) is 3.25. The first-order chi connectivity index (χ1) is 18.0. The topological polar surface area (TPSA) is 142 Å². The molecular formula is C27H39N3O7S. The van der Waals surface area contributed by atoms with Gasteiger partial charge in [-0.3, -0.25) is 14.9 Å². The molecule has 1 saturated heterocycles. The molecule has 3 unspecified atom stereocenters. The van der Waals surface area contributed by atoms with Crippen molar-refractivity contribution in [1.29, 1.82) is 0 Å². The van der Waals surface area contributed by atoms with E-state index in [0.29, 0.717) is 31.7 Å². The molecule has 1 aliphatic carbocycles. The molecule has 4 atom stereocenters. The molecule has 1 aliphatic heterocycles. The summed E-state index contributed by atoms with van der Waals surface area (Å²) in [6.07, 6.45) is 1.46. The number of ether oxygens (including phenoxy) is 4. The van der Waals surface area contributed by atoms with Gasteiger partial charge < -0.3 is 30.0 Å². The van der Waals surface area contributed by atoms with Gasteiger partial charge in [-0.15, -0.1) is 11.8 Å². The van der Waals surface area contributed by atoms with Gasteiger partial charge in [0.2, 0.25) is 11.8 Å². The molecule has 2 aliphatic rings. The number of nitrogens with two attached hydrogens (primary N) is 1. The zero-order chi connectivity index (χ0) is 27.9. The highest BCUT2D eigenvalue weighted by atomic mass is 32.2. The second kappa shape index (κ2) is 13.1. The number of allylic oxidation sites excluding steroid dienone is 1. The van der Waals surface area contributed by atoms with Gasteiger partial charge >= 0.3 is 6.09 Å². The number of methoxy groups -OCH3 is 1. The Balaban J connectivity index is 1.54. The van der Waals surface area contributed by atoms with Crippen LogP contribution in [0.3, 0.4) is 0 Å². The van der Waals surface area contributed by atoms with Gasteiger partial charge in [0, 0.05) is 23.6 Å². The average Bonchev–Trinajstić information content (AvgIpc) is 3.63. The number of rotatable bonds is 11. The Hall–Kier alpha value is -2.44. The number of amides is 3. The number of anilines is 1. The molecule has 1 aromatic rings. The van der Waals surface area contributed by atoms with Gasteiger partial charge in [-0.2, -0.15) is 0 Å². The molecule has 0 radical (unpaired) electrons. The van der Waals surface area contributed by atoms with Crippen LogP contribution >= 0.6 is 11.8 Å². The Kier molecular flexibility index (Phi) is 10.4. The van der Waals surface area contributed by atoms with Gasteiger partial charge in [0.05, 0.1) is 36.7 Å². The minimum absolute atomic E-state index is 0.0206. The van der Waals surface area contributed by atoms with Crippen LogP contribution in [0.1, 0.15) is 40.5 Å². The second-order valence-corrected chi connectivity index (χ2v) is 11.4. The summed E-state index contributed by atoms with van der Waals surface area (Å²) >= 11 is 1.26. The molecule has 3 amide bonds. The molecule has 0 bridgehead atoms. The van der Waals surface area contributed by atoms with Crippen molar-refractivity contribution in [2.24, 2.45) is 11.7 Å². The maximum Gasteiger partial charge on any atom is 0.414 e. The molecule has 210 valence electrons. The monoisotopic (exact) mass is 549 g/mol. The van der Waals surface area contributed by atoms with Crippen LogP contribution in [0.4, 0.5) is 10.5 Å². The molecular weight excluding hydrogens is 510 g/mol. The van der Waals surface area contributed by atoms with Crippen LogP contribution in [0.25, 0.3) is 0 Å². The molecule has 1 heterocycles. The quantitative estimate of drug-likeness (QED) is 0.215. The van der Waals surface area contributed by atoms with E-state index in [1.807, 2.05) is 33.8 Å². The lowest BCUT2D eigenvalue weighted by atomic mass is 9.68. The number of epoxide rings is 1. The lowest BCUT2D eigenvalue weighted by Crippen LogP contribution is -2.59. The molecule has 2 fully saturated rings. The van der Waals surface area contributed by atoms with Crippen LogP contribution in [0.2, 0.25) is 0 Å². The molecule has 4 N–H and O–H groups in total. The number of imide groups is 1. The summed E-state index contributed by atoms with van der Waals surface area (Å²) in [5.74, 6) is -0.912. The lowest BCUT2D eigenvalue weighted by Gasteiger charge is -2.47. The number of carbonyl (C=O) groups is 3. The van der Waals surface area contributed by atoms with Crippen molar-refractivity contribution in [2.45, 2.75) is 68.8 Å². The third kappa shape index (κ3) is 8.03. The Morgan fingerprint density at radius 3 is 2.47 bits per heavy atom. The standard InChI is InChI=1S/C27H39N3O7S/c1-17(2)11-13-35-26(3,4)24-23(34-5)20(10-12-27(24)16-36-27)37-25(33)30-22(32)15-38-19-8-6-18(7-9-19)29-21(31)14-28/h6-9,11,20,23-24H,10,12-16,28H2,1-5H3,(H,29,31)(H,30,32,33)/t20?,23?,24?,27-/m0/s1. The molecule has 0 aromatic heterocycles. The lowest BCUT2D eigenvalue weighted by molar-refractivity contribution is -0.172. The van der Waals surface area contributed by atoms with E-state index in [1.54, 1.807) is 31.4 Å². The molecule has 10 nitrogen and oxygen atoms in total. The Labute approximate surface area is 228 Å². The molecule has 38 heavy (non-hydrogen) atoms. The molecule has 1 spiro atoms. The van der Waals surface area contributed by atoms with Gasteiger partial charge in [-0.05, 0) is 64.8 Å². The number of hydrogen-bond donors (Lipinski definition) is 3. The van der Waals surface area contributed by atoms with Gasteiger partial charge in [0.15, 0.2) is 0 Å². The first-order valence-electron chi connectivity index (χ1n) is 12.7. The van der Waals surface area contributed by atoms with Crippen LogP contribution < -0.4 is 16.4 Å². The zero-order valence-electron chi connectivity index (χ0n) is 22.7. The van der Waals surface area contributed by atoms with Crippen LogP contribution in [-0.2, 0) is 28.5 Å². The normalized spacial score (nSPS) is 24.4. The minimum atomic E-state index is -0.808. The van der Waals surface area contributed by atoms with Crippen molar-refractivity contribution >= 4 is 35.4 Å². The molecule has 1 aromatic carbocycles. The molecule has 11 heteroatoms. The van der Waals surface area contributed by atoms with Crippen LogP contribution in [-0.4, -0.2) is 73.9 Å². The van der Waals surface area contributed by atoms with Crippen LogP contribution in [0, 0.1) is 5.92 Å². The number of hydrogen-bond acceptors (Lipinski definition) is 9. The largest absolute Gasteiger partial charge is 0.443 e. The van der Waals surface area contributed by atoms with E-state index in [1.165, 1.54) is 17.3 Å². The van der Waals surface area contributed by atoms with Gasteiger partial charge in [0.1, 0.15) is 12.2 Å². The van der Waals surface area contributed by atoms with Crippen molar-refractivity contribution in [2.75, 3.05) is 37.9 Å². The number of thioether (sulfide) groups is 1. The van der Waals surface area contributed by atoms with Gasteiger partial charge in [0.25, 0.3) is 0 Å². The summed E-state index contributed by atoms with van der Waals surface area (Å²) in [5, 5.41) is 4.96. The predicted molar refractivity (Wildman–Crippen MR) is 145 cm³/mol. The van der Waals surface area contributed by atoms with E-state index < -0.39 is 29.8 Å². The fourth-order valence-corrected chi connectivity index (χ4v) is 5.60. The van der Waals surface area contributed by atoms with Crippen molar-refractivity contribution in [3.8, 4) is 0 Å². The summed E-state index contributed by atoms with van der Waals surface area (Å²) < 4.78 is 23.7. The first-order valence-corrected chi connectivity index (χ1v) is 13.7. The SMILES string of the molecule is COC1C(OC(=O)NC(=O)CSc2ccc(NC(=O)CN)cc2)CC[C@]2(CO2)C1C(C)(C)OCC=C(C)C. The van der Waals surface area contributed by atoms with E-state index in [2.05, 4.69) is 10.6 Å². The maximum absolute atomic E-state index is 12.6. The van der Waals surface area contributed by atoms with Crippen LogP contribution in [0.15, 0.2) is 40.8 Å². The van der Waals surface area contributed by atoms with Crippen molar-refractivity contribution in [3.63, 3.8) is 0 Å². The summed E-state index contributed by atoms with van der Waals surface area (Å²) in [6.45, 7) is 9.02. The van der Waals surface area contributed by atoms with E-state index >= 15 is 0 Å². The highest BCUT2D eigenvalue weighted by Gasteiger charge is 2.64. The van der Waals surface area contributed by atoms with Crippen molar-refractivity contribution in [1.82, 2.24) is 5.32 Å². The Morgan fingerprint density at radius 1 is 1.21 bits per heavy atom. The highest BCUT2D eigenvalue weighted by Crippen LogP contribution is 2.52. The highest BCUT2D eigenvalue weighted by molar-refractivity contribution is 8.00. The van der Waals surface area contributed by atoms with E-state index in [9.17, 15) is 14.4 Å². The average molecular weight is 550 g/mol. The van der Waals surface area contributed by atoms with E-state index in [-0.39, 0.29) is 29.7 Å². The smallest absolute Gasteiger partial charge is 0.414 e. The number of alkyl carbamates (subject to hydrolysis) is 1. The van der Waals surface area contributed by atoms with Crippen LogP contribution in [0.5, 0.6) is 0 Å². The summed E-state index contributed by atoms with van der Waals surface area (Å²) in [5.41, 5.74) is 6.11. The molecule has 3 rings (SSSR count). The fourth-order valence-electron chi connectivity index (χ4n) is 4.91. The minimum Gasteiger partial charge on any atom is -0.443 e. The van der Waals surface area contributed by atoms with Crippen molar-refractivity contribution in [3.05, 3.63) is 35.9 Å². The Morgan fingerprint density at radius 2 is 1.89 bits per heavy atom. The fraction of sp³-hybridized carbons (Fsp3) is 0.593. The zero-order valence-corrected chi connectivity index (χ0v) is 23.5. The summed E-state index contributed by atoms with van der Waals surface area (Å²) in [7, 11) is 1.59. The first kappa shape index (κ1) is 30.1. The molecule has 1 saturated carbocycles. The second-order valence-electron chi connectivity index (χ2n) is 10.3. The summed E-state index contributed by atoms with van der Waals surface area (Å²) in [4.78, 5) is 37.2. The van der Waals surface area contributed by atoms with E-state index in [4.69, 9.17) is 24.7 Å². The van der Waals surface area contributed by atoms with Gasteiger partial charge in [-0.25, -0.2) is 4.79 Å². The number of nitrogens with one attached hydrogen (secondary N) is 2. The number of carbonyl (C=O) groups excluding carboxylic acids is 3. The van der Waals surface area contributed by atoms with Crippen molar-refractivity contribution < 1.29 is 33.3 Å². The maximum atomic E-state index is 12.6. The van der Waals surface area contributed by atoms with Gasteiger partial charge in [-0.1, -0.05) is 11.6 Å².